The smallest absolute Gasteiger partial charge is 0.321 e. The summed E-state index contributed by atoms with van der Waals surface area (Å²) in [6, 6.07) is 6.11. The maximum absolute atomic E-state index is 12.8. The van der Waals surface area contributed by atoms with Crippen LogP contribution >= 0.6 is 0 Å². The molecule has 1 aromatic rings. The number of hydrogen-bond donors (Lipinski definition) is 1. The third-order valence-corrected chi connectivity index (χ3v) is 3.81. The second-order valence-corrected chi connectivity index (χ2v) is 5.14. The van der Waals surface area contributed by atoms with Gasteiger partial charge in [-0.15, -0.1) is 0 Å². The molecule has 5 nitrogen and oxygen atoms in total. The largest absolute Gasteiger partial charge is 0.379 e. The number of nitrogens with zero attached hydrogens (tertiary/aromatic N) is 2. The number of hydrogen-bond acceptors (Lipinski definition) is 3. The summed E-state index contributed by atoms with van der Waals surface area (Å²) in [5.41, 5.74) is 0.617. The van der Waals surface area contributed by atoms with E-state index in [0.29, 0.717) is 11.7 Å². The van der Waals surface area contributed by atoms with Crippen LogP contribution in [0.4, 0.5) is 14.9 Å². The minimum Gasteiger partial charge on any atom is -0.379 e. The van der Waals surface area contributed by atoms with Crippen LogP contribution in [-0.2, 0) is 4.74 Å². The van der Waals surface area contributed by atoms with Gasteiger partial charge in [0, 0.05) is 37.9 Å². The molecule has 0 aliphatic carbocycles. The summed E-state index contributed by atoms with van der Waals surface area (Å²) in [4.78, 5) is 16.1. The van der Waals surface area contributed by atoms with Gasteiger partial charge in [-0.25, -0.2) is 9.18 Å². The fourth-order valence-corrected chi connectivity index (χ4v) is 2.53. The number of halogens is 1. The predicted octanol–water partition coefficient (Wildman–Crippen LogP) is 1.37. The Kier molecular flexibility index (Phi) is 3.84. The van der Waals surface area contributed by atoms with E-state index < -0.39 is 0 Å². The lowest BCUT2D eigenvalue weighted by Crippen LogP contribution is -2.63. The normalized spacial score (nSPS) is 20.6. The van der Waals surface area contributed by atoms with Crippen LogP contribution in [0.25, 0.3) is 0 Å². The van der Waals surface area contributed by atoms with Gasteiger partial charge in [-0.3, -0.25) is 4.90 Å². The maximum Gasteiger partial charge on any atom is 0.321 e. The highest BCUT2D eigenvalue weighted by atomic mass is 19.1. The molecule has 2 saturated heterocycles. The molecule has 6 heteroatoms. The van der Waals surface area contributed by atoms with Crippen molar-refractivity contribution in [3.63, 3.8) is 0 Å². The first-order valence-electron chi connectivity index (χ1n) is 6.86. The first-order valence-corrected chi connectivity index (χ1v) is 6.86. The van der Waals surface area contributed by atoms with Crippen molar-refractivity contribution in [1.29, 1.82) is 0 Å². The van der Waals surface area contributed by atoms with Crippen LogP contribution in [0, 0.1) is 5.82 Å². The minimum atomic E-state index is -0.306. The number of carbonyl (C=O) groups is 1. The quantitative estimate of drug-likeness (QED) is 0.889. The molecule has 20 heavy (non-hydrogen) atoms. The van der Waals surface area contributed by atoms with E-state index >= 15 is 0 Å². The number of rotatable bonds is 2. The van der Waals surface area contributed by atoms with Crippen LogP contribution in [0.2, 0.25) is 0 Å². The van der Waals surface area contributed by atoms with Gasteiger partial charge in [-0.1, -0.05) is 0 Å². The van der Waals surface area contributed by atoms with Crippen molar-refractivity contribution in [3.8, 4) is 0 Å². The molecule has 3 rings (SSSR count). The topological polar surface area (TPSA) is 44.8 Å². The highest BCUT2D eigenvalue weighted by Gasteiger charge is 2.35. The van der Waals surface area contributed by atoms with Gasteiger partial charge in [-0.05, 0) is 24.3 Å². The number of amides is 2. The molecule has 2 aliphatic rings. The van der Waals surface area contributed by atoms with Crippen molar-refractivity contribution >= 4 is 11.7 Å². The van der Waals surface area contributed by atoms with Gasteiger partial charge in [0.15, 0.2) is 0 Å². The SMILES string of the molecule is O=C(Nc1ccc(F)cc1)N1CC(N2CCOCC2)C1. The first-order chi connectivity index (χ1) is 9.72. The molecule has 0 aromatic heterocycles. The summed E-state index contributed by atoms with van der Waals surface area (Å²) in [6.07, 6.45) is 0. The number of benzene rings is 1. The van der Waals surface area contributed by atoms with E-state index in [0.717, 1.165) is 39.4 Å². The van der Waals surface area contributed by atoms with Gasteiger partial charge in [-0.2, -0.15) is 0 Å². The van der Waals surface area contributed by atoms with Crippen molar-refractivity contribution in [3.05, 3.63) is 30.1 Å². The molecule has 2 aliphatic heterocycles. The van der Waals surface area contributed by atoms with Crippen LogP contribution in [0.1, 0.15) is 0 Å². The Morgan fingerprint density at radius 1 is 1.20 bits per heavy atom. The highest BCUT2D eigenvalue weighted by Crippen LogP contribution is 2.18. The number of ether oxygens (including phenoxy) is 1. The molecule has 0 radical (unpaired) electrons. The van der Waals surface area contributed by atoms with E-state index in [2.05, 4.69) is 10.2 Å². The molecule has 0 atom stereocenters. The number of carbonyl (C=O) groups excluding carboxylic acids is 1. The highest BCUT2D eigenvalue weighted by molar-refractivity contribution is 5.89. The fourth-order valence-electron chi connectivity index (χ4n) is 2.53. The molecule has 0 bridgehead atoms. The molecule has 108 valence electrons. The second-order valence-electron chi connectivity index (χ2n) is 5.14. The van der Waals surface area contributed by atoms with E-state index in [9.17, 15) is 9.18 Å². The predicted molar refractivity (Wildman–Crippen MR) is 73.2 cm³/mol. The second kappa shape index (κ2) is 5.76. The van der Waals surface area contributed by atoms with E-state index in [1.807, 2.05) is 0 Å². The lowest BCUT2D eigenvalue weighted by molar-refractivity contribution is -0.0189. The molecule has 0 saturated carbocycles. The summed E-state index contributed by atoms with van der Waals surface area (Å²) in [7, 11) is 0. The van der Waals surface area contributed by atoms with Crippen LogP contribution in [0.5, 0.6) is 0 Å². The third kappa shape index (κ3) is 2.91. The molecular weight excluding hydrogens is 261 g/mol. The van der Waals surface area contributed by atoms with Crippen molar-refractivity contribution < 1.29 is 13.9 Å². The molecule has 2 amide bonds. The van der Waals surface area contributed by atoms with Gasteiger partial charge < -0.3 is 15.0 Å². The Bertz CT molecular complexity index is 468. The van der Waals surface area contributed by atoms with E-state index in [-0.39, 0.29) is 11.8 Å². The van der Waals surface area contributed by atoms with Gasteiger partial charge in [0.25, 0.3) is 0 Å². The maximum atomic E-state index is 12.8. The van der Waals surface area contributed by atoms with Crippen molar-refractivity contribution in [2.75, 3.05) is 44.7 Å². The van der Waals surface area contributed by atoms with E-state index in [4.69, 9.17) is 4.74 Å². The molecule has 2 heterocycles. The van der Waals surface area contributed by atoms with E-state index in [1.165, 1.54) is 12.1 Å². The van der Waals surface area contributed by atoms with Crippen LogP contribution < -0.4 is 5.32 Å². The van der Waals surface area contributed by atoms with Crippen LogP contribution in [-0.4, -0.2) is 61.3 Å². The molecule has 2 fully saturated rings. The minimum absolute atomic E-state index is 0.124. The Labute approximate surface area is 117 Å². The number of nitrogens with one attached hydrogen (secondary N) is 1. The Morgan fingerprint density at radius 2 is 1.85 bits per heavy atom. The van der Waals surface area contributed by atoms with Crippen LogP contribution in [0.15, 0.2) is 24.3 Å². The summed E-state index contributed by atoms with van der Waals surface area (Å²) in [5.74, 6) is -0.306. The zero-order valence-corrected chi connectivity index (χ0v) is 11.2. The zero-order valence-electron chi connectivity index (χ0n) is 11.2. The lowest BCUT2D eigenvalue weighted by atomic mass is 10.1. The molecule has 0 spiro atoms. The zero-order chi connectivity index (χ0) is 13.9. The van der Waals surface area contributed by atoms with Crippen molar-refractivity contribution in [1.82, 2.24) is 9.80 Å². The number of likely N-dealkylation sites (tertiary alicyclic amines) is 1. The number of anilines is 1. The van der Waals surface area contributed by atoms with Gasteiger partial charge in [0.05, 0.1) is 13.2 Å². The third-order valence-electron chi connectivity index (χ3n) is 3.81. The summed E-state index contributed by atoms with van der Waals surface area (Å²) >= 11 is 0. The molecule has 0 unspecified atom stereocenters. The van der Waals surface area contributed by atoms with Gasteiger partial charge in [0.1, 0.15) is 5.82 Å². The average Bonchev–Trinajstić information content (AvgIpc) is 2.41. The fraction of sp³-hybridized carbons (Fsp3) is 0.500. The lowest BCUT2D eigenvalue weighted by Gasteiger charge is -2.46. The number of morpholine rings is 1. The average molecular weight is 279 g/mol. The molecule has 1 N–H and O–H groups in total. The van der Waals surface area contributed by atoms with E-state index in [1.54, 1.807) is 17.0 Å². The Hall–Kier alpha value is -1.66. The van der Waals surface area contributed by atoms with Crippen LogP contribution in [0.3, 0.4) is 0 Å². The summed E-state index contributed by atoms with van der Waals surface area (Å²) in [5, 5.41) is 2.77. The number of urea groups is 1. The molecular formula is C14H18FN3O2. The van der Waals surface area contributed by atoms with Crippen molar-refractivity contribution in [2.45, 2.75) is 6.04 Å². The Balaban J connectivity index is 1.47. The first kappa shape index (κ1) is 13.3. The summed E-state index contributed by atoms with van der Waals surface area (Å²) in [6.45, 7) is 4.92. The van der Waals surface area contributed by atoms with Gasteiger partial charge in [0.2, 0.25) is 0 Å². The molecule has 1 aromatic carbocycles. The van der Waals surface area contributed by atoms with Gasteiger partial charge >= 0.3 is 6.03 Å². The van der Waals surface area contributed by atoms with Crippen molar-refractivity contribution in [2.24, 2.45) is 0 Å². The Morgan fingerprint density at radius 3 is 2.50 bits per heavy atom. The summed E-state index contributed by atoms with van der Waals surface area (Å²) < 4.78 is 18.1. The monoisotopic (exact) mass is 279 g/mol. The standard InChI is InChI=1S/C14H18FN3O2/c15-11-1-3-12(4-2-11)16-14(19)18-9-13(10-18)17-5-7-20-8-6-17/h1-4,13H,5-10H2,(H,16,19).